The number of hydrogen-bond acceptors (Lipinski definition) is 5. The standard InChI is InChI=1S/C17H14F2N2O4/c1-3-24-17(23)12-9(2)25-15-13(12)16(22)21(8-20-15)7-10-5-4-6-11(18)14(10)19/h4-6,8H,3,7H2,1-2H3. The molecule has 0 saturated carbocycles. The van der Waals surface area contributed by atoms with Crippen molar-refractivity contribution in [2.24, 2.45) is 0 Å². The number of halogens is 2. The summed E-state index contributed by atoms with van der Waals surface area (Å²) in [6.45, 7) is 3.05. The zero-order valence-electron chi connectivity index (χ0n) is 13.5. The first-order valence-electron chi connectivity index (χ1n) is 7.52. The molecule has 130 valence electrons. The lowest BCUT2D eigenvalue weighted by Gasteiger charge is -2.07. The van der Waals surface area contributed by atoms with Crippen molar-refractivity contribution in [2.75, 3.05) is 6.61 Å². The fourth-order valence-electron chi connectivity index (χ4n) is 2.55. The number of esters is 1. The van der Waals surface area contributed by atoms with Crippen LogP contribution in [0.1, 0.15) is 28.6 Å². The van der Waals surface area contributed by atoms with Gasteiger partial charge in [-0.3, -0.25) is 9.36 Å². The molecule has 2 aromatic heterocycles. The molecule has 0 aliphatic carbocycles. The molecule has 25 heavy (non-hydrogen) atoms. The van der Waals surface area contributed by atoms with Crippen molar-refractivity contribution < 1.29 is 22.7 Å². The second-order valence-corrected chi connectivity index (χ2v) is 5.32. The summed E-state index contributed by atoms with van der Waals surface area (Å²) in [5, 5.41) is -0.0461. The zero-order valence-corrected chi connectivity index (χ0v) is 13.5. The van der Waals surface area contributed by atoms with Gasteiger partial charge in [0.1, 0.15) is 23.0 Å². The average Bonchev–Trinajstić information content (AvgIpc) is 2.91. The summed E-state index contributed by atoms with van der Waals surface area (Å²) in [4.78, 5) is 28.8. The molecule has 1 aromatic carbocycles. The predicted molar refractivity (Wildman–Crippen MR) is 84.4 cm³/mol. The fraction of sp³-hybridized carbons (Fsp3) is 0.235. The fourth-order valence-corrected chi connectivity index (χ4v) is 2.55. The van der Waals surface area contributed by atoms with Crippen LogP contribution in [-0.2, 0) is 11.3 Å². The van der Waals surface area contributed by atoms with Crippen LogP contribution in [0.25, 0.3) is 11.1 Å². The second-order valence-electron chi connectivity index (χ2n) is 5.32. The molecular formula is C17H14F2N2O4. The van der Waals surface area contributed by atoms with E-state index in [2.05, 4.69) is 4.98 Å². The maximum Gasteiger partial charge on any atom is 0.342 e. The molecule has 2 heterocycles. The molecule has 0 amide bonds. The van der Waals surface area contributed by atoms with Crippen LogP contribution in [-0.4, -0.2) is 22.1 Å². The molecule has 0 aliphatic heterocycles. The van der Waals surface area contributed by atoms with Crippen molar-refractivity contribution in [3.05, 3.63) is 63.4 Å². The van der Waals surface area contributed by atoms with Crippen LogP contribution in [0.2, 0.25) is 0 Å². The van der Waals surface area contributed by atoms with Crippen LogP contribution in [0, 0.1) is 18.6 Å². The largest absolute Gasteiger partial charge is 0.462 e. The molecule has 0 spiro atoms. The second kappa shape index (κ2) is 6.46. The van der Waals surface area contributed by atoms with E-state index in [-0.39, 0.29) is 41.1 Å². The summed E-state index contributed by atoms with van der Waals surface area (Å²) in [6.07, 6.45) is 1.16. The predicted octanol–water partition coefficient (Wildman–Crippen LogP) is 2.80. The van der Waals surface area contributed by atoms with Crippen LogP contribution in [0.5, 0.6) is 0 Å². The number of carbonyl (C=O) groups excluding carboxylic acids is 1. The maximum atomic E-state index is 13.8. The molecule has 0 saturated heterocycles. The van der Waals surface area contributed by atoms with E-state index in [4.69, 9.17) is 9.15 Å². The SMILES string of the molecule is CCOC(=O)c1c(C)oc2ncn(Cc3cccc(F)c3F)c(=O)c12. The number of aryl methyl sites for hydroxylation is 1. The third-order valence-electron chi connectivity index (χ3n) is 3.71. The van der Waals surface area contributed by atoms with Crippen molar-refractivity contribution in [1.82, 2.24) is 9.55 Å². The first kappa shape index (κ1) is 16.8. The molecule has 3 rings (SSSR count). The lowest BCUT2D eigenvalue weighted by molar-refractivity contribution is 0.0526. The van der Waals surface area contributed by atoms with E-state index in [1.807, 2.05) is 0 Å². The normalized spacial score (nSPS) is 11.0. The molecule has 0 unspecified atom stereocenters. The van der Waals surface area contributed by atoms with Gasteiger partial charge in [0.05, 0.1) is 13.2 Å². The third-order valence-corrected chi connectivity index (χ3v) is 3.71. The molecule has 0 atom stereocenters. The Labute approximate surface area is 140 Å². The monoisotopic (exact) mass is 348 g/mol. The minimum Gasteiger partial charge on any atom is -0.462 e. The third kappa shape index (κ3) is 2.90. The highest BCUT2D eigenvalue weighted by Gasteiger charge is 2.24. The average molecular weight is 348 g/mol. The number of aromatic nitrogens is 2. The number of carbonyl (C=O) groups is 1. The highest BCUT2D eigenvalue weighted by atomic mass is 19.2. The Morgan fingerprint density at radius 3 is 2.84 bits per heavy atom. The minimum absolute atomic E-state index is 0.0107. The number of ether oxygens (including phenoxy) is 1. The molecular weight excluding hydrogens is 334 g/mol. The van der Waals surface area contributed by atoms with E-state index < -0.39 is 23.2 Å². The Morgan fingerprint density at radius 2 is 2.12 bits per heavy atom. The van der Waals surface area contributed by atoms with Gasteiger partial charge in [0, 0.05) is 5.56 Å². The van der Waals surface area contributed by atoms with E-state index in [1.165, 1.54) is 19.1 Å². The van der Waals surface area contributed by atoms with E-state index in [0.717, 1.165) is 17.0 Å². The number of fused-ring (bicyclic) bond motifs is 1. The summed E-state index contributed by atoms with van der Waals surface area (Å²) < 4.78 is 38.5. The Hall–Kier alpha value is -3.03. The molecule has 0 bridgehead atoms. The van der Waals surface area contributed by atoms with Gasteiger partial charge >= 0.3 is 5.97 Å². The minimum atomic E-state index is -1.04. The van der Waals surface area contributed by atoms with Crippen LogP contribution >= 0.6 is 0 Å². The number of furan rings is 1. The smallest absolute Gasteiger partial charge is 0.342 e. The van der Waals surface area contributed by atoms with E-state index in [1.54, 1.807) is 6.92 Å². The highest BCUT2D eigenvalue weighted by molar-refractivity contribution is 6.03. The van der Waals surface area contributed by atoms with Gasteiger partial charge in [-0.2, -0.15) is 0 Å². The van der Waals surface area contributed by atoms with Gasteiger partial charge in [-0.15, -0.1) is 0 Å². The first-order chi connectivity index (χ1) is 11.9. The molecule has 0 radical (unpaired) electrons. The molecule has 8 heteroatoms. The van der Waals surface area contributed by atoms with Crippen molar-refractivity contribution >= 4 is 17.1 Å². The lowest BCUT2D eigenvalue weighted by atomic mass is 10.2. The van der Waals surface area contributed by atoms with Crippen LogP contribution < -0.4 is 5.56 Å². The van der Waals surface area contributed by atoms with Gasteiger partial charge in [-0.1, -0.05) is 12.1 Å². The number of nitrogens with zero attached hydrogens (tertiary/aromatic N) is 2. The lowest BCUT2D eigenvalue weighted by Crippen LogP contribution is -2.23. The van der Waals surface area contributed by atoms with E-state index >= 15 is 0 Å². The van der Waals surface area contributed by atoms with Crippen molar-refractivity contribution in [1.29, 1.82) is 0 Å². The Bertz CT molecular complexity index is 1020. The number of hydrogen-bond donors (Lipinski definition) is 0. The van der Waals surface area contributed by atoms with Crippen molar-refractivity contribution in [2.45, 2.75) is 20.4 Å². The molecule has 0 aliphatic rings. The zero-order chi connectivity index (χ0) is 18.1. The summed E-state index contributed by atoms with van der Waals surface area (Å²) in [6, 6.07) is 3.69. The van der Waals surface area contributed by atoms with Crippen molar-refractivity contribution in [3.63, 3.8) is 0 Å². The van der Waals surface area contributed by atoms with Crippen LogP contribution in [0.4, 0.5) is 8.78 Å². The van der Waals surface area contributed by atoms with Crippen LogP contribution in [0.3, 0.4) is 0 Å². The van der Waals surface area contributed by atoms with Gasteiger partial charge in [0.2, 0.25) is 5.71 Å². The van der Waals surface area contributed by atoms with Crippen molar-refractivity contribution in [3.8, 4) is 0 Å². The Balaban J connectivity index is 2.14. The van der Waals surface area contributed by atoms with Gasteiger partial charge in [0.15, 0.2) is 11.6 Å². The van der Waals surface area contributed by atoms with Gasteiger partial charge in [-0.25, -0.2) is 18.6 Å². The van der Waals surface area contributed by atoms with Gasteiger partial charge < -0.3 is 9.15 Å². The van der Waals surface area contributed by atoms with Gasteiger partial charge in [-0.05, 0) is 19.9 Å². The first-order valence-corrected chi connectivity index (χ1v) is 7.52. The van der Waals surface area contributed by atoms with Crippen LogP contribution in [0.15, 0.2) is 33.7 Å². The topological polar surface area (TPSA) is 74.3 Å². The quantitative estimate of drug-likeness (QED) is 0.678. The maximum absolute atomic E-state index is 13.8. The van der Waals surface area contributed by atoms with E-state index in [0.29, 0.717) is 0 Å². The summed E-state index contributed by atoms with van der Waals surface area (Å²) >= 11 is 0. The molecule has 6 nitrogen and oxygen atoms in total. The highest BCUT2D eigenvalue weighted by Crippen LogP contribution is 2.22. The number of rotatable bonds is 4. The molecule has 3 aromatic rings. The summed E-state index contributed by atoms with van der Waals surface area (Å²) in [5.74, 6) is -2.55. The van der Waals surface area contributed by atoms with Gasteiger partial charge in [0.25, 0.3) is 5.56 Å². The summed E-state index contributed by atoms with van der Waals surface area (Å²) in [7, 11) is 0. The molecule has 0 N–H and O–H groups in total. The molecule has 0 fully saturated rings. The Morgan fingerprint density at radius 1 is 1.36 bits per heavy atom. The number of benzene rings is 1. The Kier molecular flexibility index (Phi) is 4.35. The van der Waals surface area contributed by atoms with E-state index in [9.17, 15) is 18.4 Å². The summed E-state index contributed by atoms with van der Waals surface area (Å²) in [5.41, 5.74) is -0.639.